The Morgan fingerprint density at radius 1 is 0.442 bits per heavy atom. The normalized spacial score (nSPS) is 13.7. The molecule has 0 radical (unpaired) electrons. The number of fused-ring (bicyclic) bond motifs is 8. The fourth-order valence-corrected chi connectivity index (χ4v) is 7.93. The van der Waals surface area contributed by atoms with Gasteiger partial charge in [0.25, 0.3) is 0 Å². The lowest BCUT2D eigenvalue weighted by molar-refractivity contribution is 0.660. The third kappa shape index (κ3) is 3.22. The Morgan fingerprint density at radius 2 is 1.00 bits per heavy atom. The summed E-state index contributed by atoms with van der Waals surface area (Å²) in [4.78, 5) is 0. The third-order valence-electron chi connectivity index (χ3n) is 9.83. The molecule has 0 aliphatic heterocycles. The van der Waals surface area contributed by atoms with Gasteiger partial charge in [0, 0.05) is 27.0 Å². The minimum absolute atomic E-state index is 0.0492. The summed E-state index contributed by atoms with van der Waals surface area (Å²) in [5, 5.41) is 7.69. The van der Waals surface area contributed by atoms with E-state index in [1.807, 2.05) is 0 Å². The molecule has 0 saturated heterocycles. The summed E-state index contributed by atoms with van der Waals surface area (Å²) in [6.07, 6.45) is 0. The number of hydrogen-bond donors (Lipinski definition) is 0. The Hall–Kier alpha value is -5.14. The molecule has 1 heterocycles. The van der Waals surface area contributed by atoms with Gasteiger partial charge in [-0.3, -0.25) is 0 Å². The molecule has 1 aliphatic rings. The Bertz CT molecular complexity index is 2380. The van der Waals surface area contributed by atoms with Gasteiger partial charge in [0.05, 0.1) is 16.7 Å². The van der Waals surface area contributed by atoms with Crippen LogP contribution in [0.1, 0.15) is 30.5 Å². The Balaban J connectivity index is 1.49. The first-order valence-corrected chi connectivity index (χ1v) is 15.2. The van der Waals surface area contributed by atoms with Crippen LogP contribution in [0.3, 0.4) is 0 Å². The molecular formula is C42H31N. The standard InChI is InChI=1S/C42H31N/c1-26-23-24-31-34(25-26)39(33-18-12-20-36-40(33)32-17-6-9-19-35(32)42(36,2)3)29-15-4-5-16-30(29)41(31)43-37-21-10-7-13-27(37)28-14-8-11-22-38(28)43/h4-25H,1-3H3. The summed E-state index contributed by atoms with van der Waals surface area (Å²) in [5.41, 5.74) is 13.1. The van der Waals surface area contributed by atoms with Crippen molar-refractivity contribution in [3.05, 3.63) is 150 Å². The van der Waals surface area contributed by atoms with E-state index in [9.17, 15) is 0 Å². The van der Waals surface area contributed by atoms with E-state index in [1.165, 1.54) is 88.0 Å². The van der Waals surface area contributed by atoms with Gasteiger partial charge in [-0.1, -0.05) is 141 Å². The molecular weight excluding hydrogens is 518 g/mol. The molecule has 8 aromatic rings. The molecule has 204 valence electrons. The highest BCUT2D eigenvalue weighted by Gasteiger charge is 2.37. The SMILES string of the molecule is Cc1ccc2c(-n3c4ccccc4c4ccccc43)c3ccccc3c(-c3cccc4c3-c3ccccc3C4(C)C)c2c1. The molecule has 0 bridgehead atoms. The third-order valence-corrected chi connectivity index (χ3v) is 9.83. The first kappa shape index (κ1) is 24.5. The molecule has 0 unspecified atom stereocenters. The highest BCUT2D eigenvalue weighted by Crippen LogP contribution is 2.54. The van der Waals surface area contributed by atoms with E-state index in [0.717, 1.165) is 0 Å². The molecule has 1 aliphatic carbocycles. The van der Waals surface area contributed by atoms with Crippen LogP contribution in [0.2, 0.25) is 0 Å². The summed E-state index contributed by atoms with van der Waals surface area (Å²) < 4.78 is 2.50. The second kappa shape index (κ2) is 8.69. The predicted molar refractivity (Wildman–Crippen MR) is 184 cm³/mol. The Kier molecular flexibility index (Phi) is 4.94. The average Bonchev–Trinajstić information content (AvgIpc) is 3.49. The summed E-state index contributed by atoms with van der Waals surface area (Å²) in [6.45, 7) is 6.95. The maximum Gasteiger partial charge on any atom is 0.0619 e. The smallest absolute Gasteiger partial charge is 0.0619 e. The fourth-order valence-electron chi connectivity index (χ4n) is 7.93. The van der Waals surface area contributed by atoms with E-state index in [2.05, 4.69) is 159 Å². The number of nitrogens with zero attached hydrogens (tertiary/aromatic N) is 1. The molecule has 0 saturated carbocycles. The first-order chi connectivity index (χ1) is 21.0. The molecule has 1 aromatic heterocycles. The number of para-hydroxylation sites is 2. The summed E-state index contributed by atoms with van der Waals surface area (Å²) in [6, 6.07) is 49.7. The molecule has 7 aromatic carbocycles. The molecule has 0 fully saturated rings. The van der Waals surface area contributed by atoms with Gasteiger partial charge in [-0.15, -0.1) is 0 Å². The summed E-state index contributed by atoms with van der Waals surface area (Å²) in [7, 11) is 0. The van der Waals surface area contributed by atoms with E-state index >= 15 is 0 Å². The Labute approximate surface area is 251 Å². The van der Waals surface area contributed by atoms with Crippen molar-refractivity contribution in [3.63, 3.8) is 0 Å². The van der Waals surface area contributed by atoms with Gasteiger partial charge in [-0.25, -0.2) is 0 Å². The number of aromatic nitrogens is 1. The van der Waals surface area contributed by atoms with Crippen molar-refractivity contribution < 1.29 is 0 Å². The summed E-state index contributed by atoms with van der Waals surface area (Å²) in [5.74, 6) is 0. The fraction of sp³-hybridized carbons (Fsp3) is 0.0952. The van der Waals surface area contributed by atoms with Gasteiger partial charge in [-0.2, -0.15) is 0 Å². The number of rotatable bonds is 2. The van der Waals surface area contributed by atoms with Crippen LogP contribution in [0.4, 0.5) is 0 Å². The van der Waals surface area contributed by atoms with Gasteiger partial charge in [0.1, 0.15) is 0 Å². The molecule has 0 atom stereocenters. The maximum absolute atomic E-state index is 2.50. The Morgan fingerprint density at radius 3 is 1.74 bits per heavy atom. The predicted octanol–water partition coefficient (Wildman–Crippen LogP) is 11.4. The van der Waals surface area contributed by atoms with Crippen molar-refractivity contribution in [2.45, 2.75) is 26.2 Å². The lowest BCUT2D eigenvalue weighted by atomic mass is 9.81. The van der Waals surface area contributed by atoms with E-state index < -0.39 is 0 Å². The van der Waals surface area contributed by atoms with Crippen LogP contribution in [-0.2, 0) is 5.41 Å². The van der Waals surface area contributed by atoms with Crippen LogP contribution in [0.25, 0.3) is 71.3 Å². The van der Waals surface area contributed by atoms with Crippen molar-refractivity contribution >= 4 is 43.4 Å². The lowest BCUT2D eigenvalue weighted by Gasteiger charge is -2.23. The van der Waals surface area contributed by atoms with Crippen molar-refractivity contribution in [2.75, 3.05) is 0 Å². The number of aryl methyl sites for hydroxylation is 1. The highest BCUT2D eigenvalue weighted by atomic mass is 15.0. The van der Waals surface area contributed by atoms with Crippen molar-refractivity contribution in [1.82, 2.24) is 4.57 Å². The average molecular weight is 550 g/mol. The molecule has 1 heteroatoms. The molecule has 1 nitrogen and oxygen atoms in total. The second-order valence-electron chi connectivity index (χ2n) is 12.6. The minimum Gasteiger partial charge on any atom is -0.308 e. The van der Waals surface area contributed by atoms with Crippen LogP contribution in [-0.4, -0.2) is 4.57 Å². The van der Waals surface area contributed by atoms with E-state index in [0.29, 0.717) is 0 Å². The van der Waals surface area contributed by atoms with Crippen molar-refractivity contribution in [2.24, 2.45) is 0 Å². The zero-order valence-electron chi connectivity index (χ0n) is 24.6. The van der Waals surface area contributed by atoms with E-state index in [4.69, 9.17) is 0 Å². The quantitative estimate of drug-likeness (QED) is 0.189. The molecule has 0 amide bonds. The van der Waals surface area contributed by atoms with Gasteiger partial charge in [-0.05, 0) is 63.2 Å². The number of hydrogen-bond acceptors (Lipinski definition) is 0. The van der Waals surface area contributed by atoms with Gasteiger partial charge in [0.2, 0.25) is 0 Å². The summed E-state index contributed by atoms with van der Waals surface area (Å²) >= 11 is 0. The van der Waals surface area contributed by atoms with Crippen LogP contribution in [0.15, 0.2) is 133 Å². The second-order valence-corrected chi connectivity index (χ2v) is 12.6. The zero-order chi connectivity index (χ0) is 28.9. The minimum atomic E-state index is -0.0492. The number of benzene rings is 7. The first-order valence-electron chi connectivity index (χ1n) is 15.2. The molecule has 9 rings (SSSR count). The lowest BCUT2D eigenvalue weighted by Crippen LogP contribution is -2.14. The van der Waals surface area contributed by atoms with Crippen LogP contribution >= 0.6 is 0 Å². The maximum atomic E-state index is 2.50. The van der Waals surface area contributed by atoms with Crippen LogP contribution in [0.5, 0.6) is 0 Å². The molecule has 43 heavy (non-hydrogen) atoms. The van der Waals surface area contributed by atoms with Gasteiger partial charge in [0.15, 0.2) is 0 Å². The van der Waals surface area contributed by atoms with Gasteiger partial charge < -0.3 is 4.57 Å². The van der Waals surface area contributed by atoms with E-state index in [1.54, 1.807) is 0 Å². The van der Waals surface area contributed by atoms with Gasteiger partial charge >= 0.3 is 0 Å². The zero-order valence-corrected chi connectivity index (χ0v) is 24.6. The molecule has 0 spiro atoms. The van der Waals surface area contributed by atoms with E-state index in [-0.39, 0.29) is 5.41 Å². The van der Waals surface area contributed by atoms with Crippen molar-refractivity contribution in [3.8, 4) is 27.9 Å². The monoisotopic (exact) mass is 549 g/mol. The van der Waals surface area contributed by atoms with Crippen LogP contribution < -0.4 is 0 Å². The van der Waals surface area contributed by atoms with Crippen molar-refractivity contribution in [1.29, 1.82) is 0 Å². The highest BCUT2D eigenvalue weighted by molar-refractivity contribution is 6.22. The largest absolute Gasteiger partial charge is 0.308 e. The molecule has 0 N–H and O–H groups in total. The topological polar surface area (TPSA) is 4.93 Å². The van der Waals surface area contributed by atoms with Crippen LogP contribution in [0, 0.1) is 6.92 Å².